The van der Waals surface area contributed by atoms with Crippen LogP contribution in [0.15, 0.2) is 18.2 Å². The van der Waals surface area contributed by atoms with E-state index in [0.717, 1.165) is 49.7 Å². The SMILES string of the molecule is CCCCC[C@@H](CC[C@@H]1[C@H]2Cc3cccc(OCC(=O)O)c3C[C@H]2C[C@H]1O)OC(=O)OO. The molecule has 0 unspecified atom stereocenters. The summed E-state index contributed by atoms with van der Waals surface area (Å²) < 4.78 is 10.7. The number of carbonyl (C=O) groups excluding carboxylic acids is 1. The molecule has 0 spiro atoms. The number of benzene rings is 1. The third-order valence-corrected chi connectivity index (χ3v) is 6.99. The van der Waals surface area contributed by atoms with Gasteiger partial charge in [0.2, 0.25) is 0 Å². The molecule has 3 N–H and O–H groups in total. The maximum absolute atomic E-state index is 11.4. The highest BCUT2D eigenvalue weighted by molar-refractivity contribution is 5.68. The van der Waals surface area contributed by atoms with E-state index in [0.29, 0.717) is 36.8 Å². The average Bonchev–Trinajstić information content (AvgIpc) is 3.08. The molecule has 0 bridgehead atoms. The van der Waals surface area contributed by atoms with Gasteiger partial charge < -0.3 is 19.7 Å². The monoisotopic (exact) mass is 450 g/mol. The zero-order chi connectivity index (χ0) is 23.1. The standard InChI is InChI=1S/C24H34O8/c1-2-3-4-7-17(31-24(28)32-29)9-10-18-19-11-15-6-5-8-22(30-14-23(26)27)20(15)12-16(19)13-21(18)25/h5-6,8,16-19,21,25,29H,2-4,7,9-14H2,1H3,(H,26,27)/t16-,17-,18+,19-,21+/m0/s1. The van der Waals surface area contributed by atoms with Crippen LogP contribution in [-0.4, -0.2) is 46.4 Å². The van der Waals surface area contributed by atoms with Crippen molar-refractivity contribution >= 4 is 12.1 Å². The molecule has 0 heterocycles. The van der Waals surface area contributed by atoms with Crippen molar-refractivity contribution in [2.45, 2.75) is 76.9 Å². The molecule has 1 aromatic carbocycles. The molecular formula is C24H34O8. The largest absolute Gasteiger partial charge is 0.540 e. The molecule has 3 rings (SSSR count). The molecule has 32 heavy (non-hydrogen) atoms. The lowest BCUT2D eigenvalue weighted by atomic mass is 9.73. The highest BCUT2D eigenvalue weighted by atomic mass is 17.1. The summed E-state index contributed by atoms with van der Waals surface area (Å²) in [6.45, 7) is 1.73. The lowest BCUT2D eigenvalue weighted by molar-refractivity contribution is -0.206. The summed E-state index contributed by atoms with van der Waals surface area (Å²) in [6, 6.07) is 5.74. The number of aliphatic hydroxyl groups excluding tert-OH is 1. The van der Waals surface area contributed by atoms with Gasteiger partial charge in [0.1, 0.15) is 11.9 Å². The van der Waals surface area contributed by atoms with Crippen molar-refractivity contribution in [3.8, 4) is 5.75 Å². The summed E-state index contributed by atoms with van der Waals surface area (Å²) in [5, 5.41) is 28.3. The minimum Gasteiger partial charge on any atom is -0.482 e. The van der Waals surface area contributed by atoms with Gasteiger partial charge in [-0.3, -0.25) is 4.89 Å². The highest BCUT2D eigenvalue weighted by Crippen LogP contribution is 2.48. The van der Waals surface area contributed by atoms with Crippen molar-refractivity contribution in [3.63, 3.8) is 0 Å². The van der Waals surface area contributed by atoms with Crippen LogP contribution in [0.1, 0.15) is 63.0 Å². The highest BCUT2D eigenvalue weighted by Gasteiger charge is 2.45. The fourth-order valence-corrected chi connectivity index (χ4v) is 5.50. The van der Waals surface area contributed by atoms with E-state index in [4.69, 9.17) is 19.8 Å². The van der Waals surface area contributed by atoms with Crippen LogP contribution >= 0.6 is 0 Å². The number of carboxylic acid groups (broad SMARTS) is 1. The predicted octanol–water partition coefficient (Wildman–Crippen LogP) is 4.22. The van der Waals surface area contributed by atoms with E-state index >= 15 is 0 Å². The number of hydrogen-bond acceptors (Lipinski definition) is 7. The molecule has 1 fully saturated rings. The van der Waals surface area contributed by atoms with Crippen LogP contribution in [0.4, 0.5) is 4.79 Å². The average molecular weight is 451 g/mol. The van der Waals surface area contributed by atoms with Crippen LogP contribution in [0.3, 0.4) is 0 Å². The molecule has 1 aromatic rings. The van der Waals surface area contributed by atoms with Crippen LogP contribution in [-0.2, 0) is 27.3 Å². The Morgan fingerprint density at radius 3 is 2.72 bits per heavy atom. The Morgan fingerprint density at radius 2 is 2.00 bits per heavy atom. The molecule has 0 aromatic heterocycles. The van der Waals surface area contributed by atoms with Gasteiger partial charge in [-0.2, -0.15) is 5.26 Å². The van der Waals surface area contributed by atoms with Gasteiger partial charge in [0.15, 0.2) is 6.61 Å². The number of hydrogen-bond donors (Lipinski definition) is 3. The van der Waals surface area contributed by atoms with Crippen molar-refractivity contribution < 1.29 is 39.4 Å². The molecule has 0 radical (unpaired) electrons. The smallest absolute Gasteiger partial charge is 0.482 e. The Hall–Kier alpha value is -2.32. The molecular weight excluding hydrogens is 416 g/mol. The number of carbonyl (C=O) groups is 2. The molecule has 0 saturated heterocycles. The lowest BCUT2D eigenvalue weighted by Crippen LogP contribution is -2.29. The molecule has 0 amide bonds. The Kier molecular flexibility index (Phi) is 8.75. The van der Waals surface area contributed by atoms with Gasteiger partial charge in [-0.15, -0.1) is 0 Å². The van der Waals surface area contributed by atoms with Crippen LogP contribution in [0.25, 0.3) is 0 Å². The van der Waals surface area contributed by atoms with Crippen LogP contribution in [0, 0.1) is 17.8 Å². The van der Waals surface area contributed by atoms with Gasteiger partial charge in [0.25, 0.3) is 0 Å². The first-order valence-corrected chi connectivity index (χ1v) is 11.6. The molecule has 8 nitrogen and oxygen atoms in total. The van der Waals surface area contributed by atoms with Crippen LogP contribution in [0.2, 0.25) is 0 Å². The first-order chi connectivity index (χ1) is 15.4. The van der Waals surface area contributed by atoms with Crippen LogP contribution < -0.4 is 4.74 Å². The zero-order valence-corrected chi connectivity index (χ0v) is 18.6. The van der Waals surface area contributed by atoms with Crippen molar-refractivity contribution in [1.82, 2.24) is 0 Å². The Labute approximate surface area is 188 Å². The number of unbranched alkanes of at least 4 members (excludes halogenated alkanes) is 2. The van der Waals surface area contributed by atoms with E-state index in [1.807, 2.05) is 12.1 Å². The number of rotatable bonds is 11. The Bertz CT molecular complexity index is 779. The first-order valence-electron chi connectivity index (χ1n) is 11.6. The fourth-order valence-electron chi connectivity index (χ4n) is 5.50. The third kappa shape index (κ3) is 6.13. The van der Waals surface area contributed by atoms with Gasteiger partial charge >= 0.3 is 12.1 Å². The van der Waals surface area contributed by atoms with E-state index < -0.39 is 18.2 Å². The van der Waals surface area contributed by atoms with Crippen LogP contribution in [0.5, 0.6) is 5.75 Å². The van der Waals surface area contributed by atoms with E-state index in [-0.39, 0.29) is 18.6 Å². The molecule has 0 aliphatic heterocycles. The number of ether oxygens (including phenoxy) is 2. The van der Waals surface area contributed by atoms with E-state index in [9.17, 15) is 14.7 Å². The fraction of sp³-hybridized carbons (Fsp3) is 0.667. The summed E-state index contributed by atoms with van der Waals surface area (Å²) in [4.78, 5) is 26.0. The molecule has 2 aliphatic carbocycles. The lowest BCUT2D eigenvalue weighted by Gasteiger charge is -2.32. The number of aliphatic carboxylic acids is 1. The quantitative estimate of drug-likeness (QED) is 0.198. The van der Waals surface area contributed by atoms with Crippen molar-refractivity contribution in [2.75, 3.05) is 6.61 Å². The molecule has 178 valence electrons. The van der Waals surface area contributed by atoms with Gasteiger partial charge in [0.05, 0.1) is 6.10 Å². The van der Waals surface area contributed by atoms with E-state index in [2.05, 4.69) is 17.9 Å². The first kappa shape index (κ1) is 24.3. The predicted molar refractivity (Wildman–Crippen MR) is 115 cm³/mol. The second-order valence-corrected chi connectivity index (χ2v) is 9.03. The molecule has 8 heteroatoms. The van der Waals surface area contributed by atoms with Gasteiger partial charge in [0, 0.05) is 0 Å². The minimum atomic E-state index is -1.09. The molecule has 1 saturated carbocycles. The summed E-state index contributed by atoms with van der Waals surface area (Å²) in [7, 11) is 0. The van der Waals surface area contributed by atoms with E-state index in [1.165, 1.54) is 0 Å². The number of fused-ring (bicyclic) bond motifs is 2. The van der Waals surface area contributed by atoms with Crippen molar-refractivity contribution in [3.05, 3.63) is 29.3 Å². The zero-order valence-electron chi connectivity index (χ0n) is 18.6. The Morgan fingerprint density at radius 1 is 1.19 bits per heavy atom. The van der Waals surface area contributed by atoms with Gasteiger partial charge in [-0.05, 0) is 79.9 Å². The summed E-state index contributed by atoms with van der Waals surface area (Å²) in [5.74, 6) is 0.327. The van der Waals surface area contributed by atoms with Crippen molar-refractivity contribution in [2.24, 2.45) is 17.8 Å². The summed E-state index contributed by atoms with van der Waals surface area (Å²) in [5.41, 5.74) is 2.20. The summed E-state index contributed by atoms with van der Waals surface area (Å²) >= 11 is 0. The van der Waals surface area contributed by atoms with Crippen molar-refractivity contribution in [1.29, 1.82) is 0 Å². The summed E-state index contributed by atoms with van der Waals surface area (Å²) in [6.07, 6.45) is 5.46. The number of aliphatic hydroxyl groups is 1. The minimum absolute atomic E-state index is 0.0965. The van der Waals surface area contributed by atoms with Gasteiger partial charge in [-0.1, -0.05) is 31.9 Å². The second kappa shape index (κ2) is 11.5. The maximum Gasteiger partial charge on any atom is 0.540 e. The Balaban J connectivity index is 1.65. The van der Waals surface area contributed by atoms with Gasteiger partial charge in [-0.25, -0.2) is 9.59 Å². The topological polar surface area (TPSA) is 123 Å². The van der Waals surface area contributed by atoms with E-state index in [1.54, 1.807) is 0 Å². The maximum atomic E-state index is 11.4. The normalized spacial score (nSPS) is 24.8. The molecule has 2 aliphatic rings. The second-order valence-electron chi connectivity index (χ2n) is 9.03. The molecule has 5 atom stereocenters. The third-order valence-electron chi connectivity index (χ3n) is 6.99. The number of carboxylic acids is 1.